The second kappa shape index (κ2) is 10.8. The van der Waals surface area contributed by atoms with Crippen molar-refractivity contribution in [2.45, 2.75) is 38.7 Å². The molecule has 0 unspecified atom stereocenters. The van der Waals surface area contributed by atoms with Crippen LogP contribution in [0.15, 0.2) is 48.5 Å². The Bertz CT molecular complexity index is 1490. The number of hydrogen-bond donors (Lipinski definition) is 1. The molecule has 2 aliphatic rings. The number of fused-ring (bicyclic) bond motifs is 2. The number of carboxylic acid groups (broad SMARTS) is 1. The summed E-state index contributed by atoms with van der Waals surface area (Å²) in [7, 11) is -3.00. The number of sulfone groups is 1. The van der Waals surface area contributed by atoms with Crippen LogP contribution in [0.25, 0.3) is 11.1 Å². The van der Waals surface area contributed by atoms with Crippen LogP contribution in [0.3, 0.4) is 0 Å². The molecule has 1 N–H and O–H groups in total. The van der Waals surface area contributed by atoms with Gasteiger partial charge in [-0.25, -0.2) is 8.42 Å². The topological polar surface area (TPSA) is 108 Å². The van der Waals surface area contributed by atoms with Gasteiger partial charge in [0.1, 0.15) is 27.9 Å². The van der Waals surface area contributed by atoms with Gasteiger partial charge in [-0.3, -0.25) is 4.79 Å². The predicted octanol–water partition coefficient (Wildman–Crippen LogP) is 5.25. The van der Waals surface area contributed by atoms with Crippen LogP contribution < -0.4 is 18.9 Å². The fraction of sp³-hybridized carbons (Fsp3) is 0.367. The summed E-state index contributed by atoms with van der Waals surface area (Å²) in [6.45, 7) is 5.08. The molecular formula is C30H32O8S. The Hall–Kier alpha value is -3.72. The zero-order valence-electron chi connectivity index (χ0n) is 22.2. The van der Waals surface area contributed by atoms with Crippen LogP contribution in [0, 0.1) is 13.8 Å². The van der Waals surface area contributed by atoms with E-state index in [1.165, 1.54) is 6.26 Å². The Morgan fingerprint density at radius 1 is 1.00 bits per heavy atom. The van der Waals surface area contributed by atoms with E-state index in [-0.39, 0.29) is 24.2 Å². The molecule has 0 aliphatic carbocycles. The maximum absolute atomic E-state index is 11.3. The smallest absolute Gasteiger partial charge is 0.304 e. The van der Waals surface area contributed by atoms with E-state index in [2.05, 4.69) is 12.1 Å². The molecule has 39 heavy (non-hydrogen) atoms. The molecule has 0 bridgehead atoms. The third-order valence-electron chi connectivity index (χ3n) is 7.02. The van der Waals surface area contributed by atoms with Gasteiger partial charge >= 0.3 is 5.97 Å². The number of aliphatic carboxylic acids is 1. The lowest BCUT2D eigenvalue weighted by atomic mass is 9.93. The van der Waals surface area contributed by atoms with E-state index in [0.29, 0.717) is 43.5 Å². The van der Waals surface area contributed by atoms with Crippen LogP contribution in [0.1, 0.15) is 47.1 Å². The van der Waals surface area contributed by atoms with Gasteiger partial charge in [0.05, 0.1) is 25.4 Å². The first kappa shape index (κ1) is 26.9. The van der Waals surface area contributed by atoms with Gasteiger partial charge in [-0.15, -0.1) is 0 Å². The van der Waals surface area contributed by atoms with Gasteiger partial charge in [0.2, 0.25) is 0 Å². The Morgan fingerprint density at radius 3 is 2.46 bits per heavy atom. The number of carboxylic acids is 1. The van der Waals surface area contributed by atoms with Crippen molar-refractivity contribution in [1.82, 2.24) is 0 Å². The Labute approximate surface area is 228 Å². The minimum absolute atomic E-state index is 0.0111. The lowest BCUT2D eigenvalue weighted by Gasteiger charge is -2.28. The van der Waals surface area contributed by atoms with Crippen molar-refractivity contribution in [3.63, 3.8) is 0 Å². The highest BCUT2D eigenvalue weighted by Gasteiger charge is 2.31. The Balaban J connectivity index is 1.32. The molecule has 9 heteroatoms. The molecule has 0 fully saturated rings. The van der Waals surface area contributed by atoms with Crippen LogP contribution in [0.2, 0.25) is 0 Å². The summed E-state index contributed by atoms with van der Waals surface area (Å²) in [5.74, 6) is 1.59. The molecule has 8 nitrogen and oxygen atoms in total. The zero-order chi connectivity index (χ0) is 27.7. The zero-order valence-corrected chi connectivity index (χ0v) is 23.0. The van der Waals surface area contributed by atoms with Crippen LogP contribution in [-0.2, 0) is 14.6 Å². The third-order valence-corrected chi connectivity index (χ3v) is 8.05. The van der Waals surface area contributed by atoms with Gasteiger partial charge in [0.25, 0.3) is 0 Å². The van der Waals surface area contributed by atoms with Gasteiger partial charge in [0.15, 0.2) is 17.6 Å². The molecular weight excluding hydrogens is 520 g/mol. The van der Waals surface area contributed by atoms with Crippen LogP contribution >= 0.6 is 0 Å². The van der Waals surface area contributed by atoms with Crippen molar-refractivity contribution in [3.05, 3.63) is 70.8 Å². The standard InChI is InChI=1S/C30H32O8S/c1-18-10-23(35-8-5-9-39(3,33)34)11-19(2)30(18)21-7-4-6-20(12-21)28-17-37-26-14-24-22(13-29(31)32)16-36-25(24)15-27(26)38-28/h4,6-7,10-12,14-15,22,28H,5,8-9,13,16-17H2,1-3H3,(H,31,32)/t22-,28+/m1/s1. The predicted molar refractivity (Wildman–Crippen MR) is 147 cm³/mol. The molecule has 0 saturated carbocycles. The Morgan fingerprint density at radius 2 is 1.74 bits per heavy atom. The van der Waals surface area contributed by atoms with Crippen molar-refractivity contribution >= 4 is 15.8 Å². The second-order valence-corrected chi connectivity index (χ2v) is 12.5. The van der Waals surface area contributed by atoms with Gasteiger partial charge in [0, 0.05) is 23.8 Å². The maximum atomic E-state index is 11.3. The van der Waals surface area contributed by atoms with Crippen LogP contribution in [0.4, 0.5) is 0 Å². The minimum atomic E-state index is -3.00. The second-order valence-electron chi connectivity index (χ2n) is 10.2. The first-order chi connectivity index (χ1) is 18.6. The highest BCUT2D eigenvalue weighted by molar-refractivity contribution is 7.90. The summed E-state index contributed by atoms with van der Waals surface area (Å²) in [6.07, 6.45) is 1.37. The largest absolute Gasteiger partial charge is 0.494 e. The number of ether oxygens (including phenoxy) is 4. The molecule has 3 aromatic rings. The van der Waals surface area contributed by atoms with E-state index >= 15 is 0 Å². The van der Waals surface area contributed by atoms with E-state index in [9.17, 15) is 18.3 Å². The highest BCUT2D eigenvalue weighted by atomic mass is 32.2. The van der Waals surface area contributed by atoms with E-state index < -0.39 is 15.8 Å². The lowest BCUT2D eigenvalue weighted by Crippen LogP contribution is -2.21. The number of rotatable bonds is 9. The fourth-order valence-electron chi connectivity index (χ4n) is 5.25. The lowest BCUT2D eigenvalue weighted by molar-refractivity contribution is -0.137. The molecule has 0 aromatic heterocycles. The SMILES string of the molecule is Cc1cc(OCCCS(C)(=O)=O)cc(C)c1-c1cccc([C@@H]2COc3cc4c(cc3O2)OC[C@H]4CC(=O)O)c1. The molecule has 2 aliphatic heterocycles. The van der Waals surface area contributed by atoms with Crippen molar-refractivity contribution in [2.75, 3.05) is 31.8 Å². The van der Waals surface area contributed by atoms with E-state index in [4.69, 9.17) is 18.9 Å². The van der Waals surface area contributed by atoms with Gasteiger partial charge in [-0.05, 0) is 72.4 Å². The van der Waals surface area contributed by atoms with Gasteiger partial charge in [-0.1, -0.05) is 18.2 Å². The number of benzene rings is 3. The fourth-order valence-corrected chi connectivity index (χ4v) is 5.89. The summed E-state index contributed by atoms with van der Waals surface area (Å²) >= 11 is 0. The van der Waals surface area contributed by atoms with Crippen molar-refractivity contribution in [3.8, 4) is 34.1 Å². The normalized spacial score (nSPS) is 17.8. The summed E-state index contributed by atoms with van der Waals surface area (Å²) in [5, 5.41) is 9.18. The summed E-state index contributed by atoms with van der Waals surface area (Å²) < 4.78 is 46.6. The summed E-state index contributed by atoms with van der Waals surface area (Å²) in [4.78, 5) is 11.2. The molecule has 206 valence electrons. The number of hydrogen-bond acceptors (Lipinski definition) is 7. The highest BCUT2D eigenvalue weighted by Crippen LogP contribution is 2.46. The van der Waals surface area contributed by atoms with Crippen molar-refractivity contribution in [2.24, 2.45) is 0 Å². The molecule has 0 saturated heterocycles. The minimum Gasteiger partial charge on any atom is -0.494 e. The molecule has 5 rings (SSSR count). The first-order valence-electron chi connectivity index (χ1n) is 12.9. The molecule has 0 amide bonds. The van der Waals surface area contributed by atoms with Crippen molar-refractivity contribution < 1.29 is 37.3 Å². The van der Waals surface area contributed by atoms with Gasteiger partial charge in [-0.2, -0.15) is 0 Å². The van der Waals surface area contributed by atoms with Gasteiger partial charge < -0.3 is 24.1 Å². The first-order valence-corrected chi connectivity index (χ1v) is 15.0. The average Bonchev–Trinajstić information content (AvgIpc) is 3.25. The summed E-state index contributed by atoms with van der Waals surface area (Å²) in [6, 6.07) is 15.8. The molecule has 0 spiro atoms. The van der Waals surface area contributed by atoms with E-state index in [0.717, 1.165) is 39.1 Å². The third kappa shape index (κ3) is 6.14. The van der Waals surface area contributed by atoms with Crippen LogP contribution in [0.5, 0.6) is 23.0 Å². The molecule has 2 heterocycles. The van der Waals surface area contributed by atoms with Crippen molar-refractivity contribution in [1.29, 1.82) is 0 Å². The van der Waals surface area contributed by atoms with Crippen LogP contribution in [-0.4, -0.2) is 51.3 Å². The quantitative estimate of drug-likeness (QED) is 0.359. The monoisotopic (exact) mass is 552 g/mol. The van der Waals surface area contributed by atoms with E-state index in [1.54, 1.807) is 6.07 Å². The number of carbonyl (C=O) groups is 1. The average molecular weight is 553 g/mol. The molecule has 0 radical (unpaired) electrons. The Kier molecular flexibility index (Phi) is 7.44. The van der Waals surface area contributed by atoms with E-state index in [1.807, 2.05) is 44.2 Å². The maximum Gasteiger partial charge on any atom is 0.304 e. The summed E-state index contributed by atoms with van der Waals surface area (Å²) in [5.41, 5.74) is 6.08. The number of aryl methyl sites for hydroxylation is 2. The molecule has 3 aromatic carbocycles. The molecule has 2 atom stereocenters.